The fraction of sp³-hybridized carbons (Fsp3) is 0.267. The first-order valence-corrected chi connectivity index (χ1v) is 13.1. The molecule has 1 aliphatic heterocycles. The molecule has 0 atom stereocenters. The van der Waals surface area contributed by atoms with E-state index in [0.717, 1.165) is 54.3 Å². The topological polar surface area (TPSA) is 83.8 Å². The molecule has 0 saturated heterocycles. The molecule has 1 amide bonds. The molecule has 0 unspecified atom stereocenters. The van der Waals surface area contributed by atoms with Crippen LogP contribution in [0.3, 0.4) is 0 Å². The number of halogens is 1. The van der Waals surface area contributed by atoms with Crippen molar-refractivity contribution in [2.24, 2.45) is 0 Å². The zero-order valence-electron chi connectivity index (χ0n) is 21.9. The van der Waals surface area contributed by atoms with Gasteiger partial charge in [0.2, 0.25) is 0 Å². The molecule has 0 saturated carbocycles. The maximum Gasteiger partial charge on any atom is 0.258 e. The van der Waals surface area contributed by atoms with Gasteiger partial charge in [0.1, 0.15) is 36.4 Å². The highest BCUT2D eigenvalue weighted by Gasteiger charge is 2.22. The Labute approximate surface area is 232 Å². The molecule has 5 rings (SSSR count). The number of aryl methyl sites for hydroxylation is 1. The number of hydrogen-bond acceptors (Lipinski definition) is 6. The third-order valence-electron chi connectivity index (χ3n) is 6.61. The van der Waals surface area contributed by atoms with Crippen molar-refractivity contribution in [3.05, 3.63) is 94.4 Å². The number of ether oxygens (including phenoxy) is 4. The predicted octanol–water partition coefficient (Wildman–Crippen LogP) is 6.30. The lowest BCUT2D eigenvalue weighted by Crippen LogP contribution is -2.18. The molecule has 1 aromatic heterocycles. The van der Waals surface area contributed by atoms with Gasteiger partial charge in [0.05, 0.1) is 31.0 Å². The number of carbonyl (C=O) groups is 1. The van der Waals surface area contributed by atoms with Gasteiger partial charge in [-0.25, -0.2) is 4.98 Å². The molecule has 0 radical (unpaired) electrons. The number of nitrogens with one attached hydrogen (secondary N) is 1. The minimum atomic E-state index is -0.343. The van der Waals surface area contributed by atoms with Gasteiger partial charge >= 0.3 is 0 Å². The monoisotopic (exact) mass is 547 g/mol. The Morgan fingerprint density at radius 1 is 0.897 bits per heavy atom. The van der Waals surface area contributed by atoms with E-state index < -0.39 is 0 Å². The Morgan fingerprint density at radius 3 is 2.18 bits per heavy atom. The van der Waals surface area contributed by atoms with Crippen LogP contribution in [0.5, 0.6) is 23.0 Å². The fourth-order valence-corrected chi connectivity index (χ4v) is 4.72. The Kier molecular flexibility index (Phi) is 8.22. The number of anilines is 1. The SMILES string of the molecule is COc1ccc(COc2ccc(C(=O)Nc3cnc4n3CCCC4)c(Cl)c2OCc2ccc(OC)cc2)cc1. The second-order valence-electron chi connectivity index (χ2n) is 9.15. The first-order chi connectivity index (χ1) is 19.1. The normalized spacial score (nSPS) is 12.4. The number of carbonyl (C=O) groups excluding carboxylic acids is 1. The standard InChI is InChI=1S/C30H30ClN3O5/c1-36-22-10-6-20(7-11-22)18-38-25-15-14-24(30(35)33-27-17-32-26-5-3-4-16-34(26)27)28(31)29(25)39-19-21-8-12-23(37-2)13-9-21/h6-15,17H,3-5,16,18-19H2,1-2H3,(H,33,35). The lowest BCUT2D eigenvalue weighted by molar-refractivity contribution is 0.102. The van der Waals surface area contributed by atoms with Crippen LogP contribution in [-0.2, 0) is 26.2 Å². The van der Waals surface area contributed by atoms with Crippen molar-refractivity contribution >= 4 is 23.3 Å². The zero-order valence-corrected chi connectivity index (χ0v) is 22.7. The minimum absolute atomic E-state index is 0.173. The van der Waals surface area contributed by atoms with Crippen LogP contribution < -0.4 is 24.3 Å². The lowest BCUT2D eigenvalue weighted by atomic mass is 10.1. The van der Waals surface area contributed by atoms with Crippen LogP contribution in [-0.4, -0.2) is 29.7 Å². The minimum Gasteiger partial charge on any atom is -0.497 e. The van der Waals surface area contributed by atoms with E-state index in [9.17, 15) is 4.79 Å². The number of benzene rings is 3. The zero-order chi connectivity index (χ0) is 27.2. The first kappa shape index (κ1) is 26.4. The van der Waals surface area contributed by atoms with Gasteiger partial charge in [0, 0.05) is 13.0 Å². The van der Waals surface area contributed by atoms with Gasteiger partial charge < -0.3 is 28.8 Å². The molecule has 3 aromatic carbocycles. The maximum atomic E-state index is 13.3. The summed E-state index contributed by atoms with van der Waals surface area (Å²) in [5, 5.41) is 3.14. The van der Waals surface area contributed by atoms with Crippen molar-refractivity contribution in [1.82, 2.24) is 9.55 Å². The number of methoxy groups -OCH3 is 2. The summed E-state index contributed by atoms with van der Waals surface area (Å²) in [6.07, 6.45) is 4.75. The smallest absolute Gasteiger partial charge is 0.258 e. The third-order valence-corrected chi connectivity index (χ3v) is 6.99. The highest BCUT2D eigenvalue weighted by Crippen LogP contribution is 2.39. The van der Waals surface area contributed by atoms with E-state index in [1.165, 1.54) is 0 Å². The number of hydrogen-bond donors (Lipinski definition) is 1. The second kappa shape index (κ2) is 12.1. The fourth-order valence-electron chi connectivity index (χ4n) is 4.42. The predicted molar refractivity (Wildman–Crippen MR) is 149 cm³/mol. The van der Waals surface area contributed by atoms with Gasteiger partial charge in [-0.3, -0.25) is 4.79 Å². The van der Waals surface area contributed by atoms with Crippen molar-refractivity contribution in [3.63, 3.8) is 0 Å². The summed E-state index contributed by atoms with van der Waals surface area (Å²) >= 11 is 6.80. The maximum absolute atomic E-state index is 13.3. The molecule has 8 nitrogen and oxygen atoms in total. The van der Waals surface area contributed by atoms with E-state index in [0.29, 0.717) is 17.3 Å². The molecule has 0 bridgehead atoms. The molecule has 39 heavy (non-hydrogen) atoms. The number of rotatable bonds is 10. The quantitative estimate of drug-likeness (QED) is 0.251. The molecule has 0 spiro atoms. The molecule has 9 heteroatoms. The highest BCUT2D eigenvalue weighted by atomic mass is 35.5. The van der Waals surface area contributed by atoms with Crippen molar-refractivity contribution in [3.8, 4) is 23.0 Å². The van der Waals surface area contributed by atoms with Gasteiger partial charge in [-0.2, -0.15) is 0 Å². The average molecular weight is 548 g/mol. The number of aromatic nitrogens is 2. The number of amides is 1. The first-order valence-electron chi connectivity index (χ1n) is 12.8. The lowest BCUT2D eigenvalue weighted by Gasteiger charge is -2.18. The molecule has 1 N–H and O–H groups in total. The molecule has 4 aromatic rings. The highest BCUT2D eigenvalue weighted by molar-refractivity contribution is 6.36. The van der Waals surface area contributed by atoms with Gasteiger partial charge in [0.25, 0.3) is 5.91 Å². The van der Waals surface area contributed by atoms with Crippen LogP contribution in [0.25, 0.3) is 0 Å². The van der Waals surface area contributed by atoms with Crippen molar-refractivity contribution in [2.75, 3.05) is 19.5 Å². The van der Waals surface area contributed by atoms with E-state index in [-0.39, 0.29) is 29.7 Å². The largest absolute Gasteiger partial charge is 0.497 e. The molecular formula is C30H30ClN3O5. The van der Waals surface area contributed by atoms with Crippen LogP contribution in [0.4, 0.5) is 5.82 Å². The van der Waals surface area contributed by atoms with E-state index in [2.05, 4.69) is 10.3 Å². The summed E-state index contributed by atoms with van der Waals surface area (Å²) < 4.78 is 24.8. The van der Waals surface area contributed by atoms with Crippen molar-refractivity contribution < 1.29 is 23.7 Å². The van der Waals surface area contributed by atoms with Crippen molar-refractivity contribution in [2.45, 2.75) is 39.0 Å². The summed E-state index contributed by atoms with van der Waals surface area (Å²) in [6, 6.07) is 18.5. The summed E-state index contributed by atoms with van der Waals surface area (Å²) in [6.45, 7) is 1.34. The van der Waals surface area contributed by atoms with Crippen LogP contribution in [0.2, 0.25) is 5.02 Å². The number of nitrogens with zero attached hydrogens (tertiary/aromatic N) is 2. The van der Waals surface area contributed by atoms with E-state index >= 15 is 0 Å². The molecule has 0 fully saturated rings. The van der Waals surface area contributed by atoms with Crippen LogP contribution in [0.1, 0.15) is 40.2 Å². The van der Waals surface area contributed by atoms with Crippen molar-refractivity contribution in [1.29, 1.82) is 0 Å². The Morgan fingerprint density at radius 2 is 1.54 bits per heavy atom. The van der Waals surface area contributed by atoms with E-state index in [1.807, 2.05) is 53.1 Å². The summed E-state index contributed by atoms with van der Waals surface area (Å²) in [5.41, 5.74) is 2.14. The Hall–Kier alpha value is -4.17. The summed E-state index contributed by atoms with van der Waals surface area (Å²) in [4.78, 5) is 17.8. The van der Waals surface area contributed by atoms with Gasteiger partial charge in [-0.05, 0) is 60.4 Å². The molecule has 202 valence electrons. The van der Waals surface area contributed by atoms with Crippen LogP contribution in [0, 0.1) is 0 Å². The molecule has 2 heterocycles. The van der Waals surface area contributed by atoms with Gasteiger partial charge in [-0.1, -0.05) is 35.9 Å². The average Bonchev–Trinajstić information content (AvgIpc) is 3.38. The Bertz CT molecular complexity index is 1430. The third kappa shape index (κ3) is 6.12. The van der Waals surface area contributed by atoms with E-state index in [1.54, 1.807) is 32.5 Å². The van der Waals surface area contributed by atoms with Crippen LogP contribution in [0.15, 0.2) is 66.9 Å². The van der Waals surface area contributed by atoms with Gasteiger partial charge in [0.15, 0.2) is 11.5 Å². The summed E-state index contributed by atoms with van der Waals surface area (Å²) in [5.74, 6) is 3.54. The van der Waals surface area contributed by atoms with Crippen LogP contribution >= 0.6 is 11.6 Å². The molecular weight excluding hydrogens is 518 g/mol. The molecule has 0 aliphatic carbocycles. The van der Waals surface area contributed by atoms with E-state index in [4.69, 9.17) is 30.5 Å². The second-order valence-corrected chi connectivity index (χ2v) is 9.53. The summed E-state index contributed by atoms with van der Waals surface area (Å²) in [7, 11) is 3.24. The van der Waals surface area contributed by atoms with Gasteiger partial charge in [-0.15, -0.1) is 0 Å². The number of imidazole rings is 1. The number of fused-ring (bicyclic) bond motifs is 1. The Balaban J connectivity index is 1.38. The molecule has 1 aliphatic rings.